The van der Waals surface area contributed by atoms with Crippen molar-refractivity contribution in [1.82, 2.24) is 30.0 Å². The zero-order valence-corrected chi connectivity index (χ0v) is 24.7. The Bertz CT molecular complexity index is 1810. The second-order valence-corrected chi connectivity index (χ2v) is 13.5. The molecule has 41 heavy (non-hydrogen) atoms. The number of anilines is 2. The third-order valence-corrected chi connectivity index (χ3v) is 9.25. The Balaban J connectivity index is 1.18. The van der Waals surface area contributed by atoms with E-state index in [1.807, 2.05) is 47.3 Å². The van der Waals surface area contributed by atoms with E-state index in [1.165, 1.54) is 17.5 Å². The minimum Gasteiger partial charge on any atom is -0.486 e. The Morgan fingerprint density at radius 3 is 2.83 bits per heavy atom. The van der Waals surface area contributed by atoms with Crippen molar-refractivity contribution in [3.63, 3.8) is 0 Å². The Labute approximate surface area is 246 Å². The zero-order chi connectivity index (χ0) is 28.4. The van der Waals surface area contributed by atoms with Gasteiger partial charge in [-0.2, -0.15) is 5.10 Å². The van der Waals surface area contributed by atoms with E-state index in [1.54, 1.807) is 23.9 Å². The fraction of sp³-hybridized carbons (Fsp3) is 0.286. The van der Waals surface area contributed by atoms with E-state index in [2.05, 4.69) is 30.7 Å². The number of benzene rings is 1. The minimum absolute atomic E-state index is 0.128. The Morgan fingerprint density at radius 2 is 2.02 bits per heavy atom. The molecule has 0 atom stereocenters. The molecule has 2 N–H and O–H groups in total. The predicted molar refractivity (Wildman–Crippen MR) is 162 cm³/mol. The lowest BCUT2D eigenvalue weighted by Crippen LogP contribution is -2.26. The molecule has 10 nitrogen and oxygen atoms in total. The average Bonchev–Trinajstić information content (AvgIpc) is 3.54. The molecule has 212 valence electrons. The number of aryl methyl sites for hydroxylation is 1. The van der Waals surface area contributed by atoms with Gasteiger partial charge in [0, 0.05) is 47.4 Å². The number of halogens is 1. The molecule has 0 spiro atoms. The summed E-state index contributed by atoms with van der Waals surface area (Å²) >= 11 is 8.20. The SMILES string of the molecule is CS(=O)(=O)CCNCCn1ncc2c1CCc1c-2sc2ncnc(Nc3ccc(OCc4ccccn4)c(Cl)c3)c12. The van der Waals surface area contributed by atoms with Gasteiger partial charge >= 0.3 is 0 Å². The molecule has 0 fully saturated rings. The van der Waals surface area contributed by atoms with Crippen LogP contribution in [0, 0.1) is 0 Å². The van der Waals surface area contributed by atoms with Crippen LogP contribution in [-0.4, -0.2) is 58.2 Å². The van der Waals surface area contributed by atoms with Gasteiger partial charge in [0.05, 0.1) is 34.6 Å². The second-order valence-electron chi connectivity index (χ2n) is 9.80. The molecule has 1 aliphatic carbocycles. The summed E-state index contributed by atoms with van der Waals surface area (Å²) in [6.45, 7) is 2.09. The maximum Gasteiger partial charge on any atom is 0.148 e. The molecular weight excluding hydrogens is 582 g/mol. The Hall–Kier alpha value is -3.58. The van der Waals surface area contributed by atoms with Crippen molar-refractivity contribution in [3.05, 3.63) is 77.1 Å². The summed E-state index contributed by atoms with van der Waals surface area (Å²) in [7, 11) is -2.97. The molecule has 1 aromatic carbocycles. The summed E-state index contributed by atoms with van der Waals surface area (Å²) < 4.78 is 30.6. The van der Waals surface area contributed by atoms with Gasteiger partial charge in [0.2, 0.25) is 0 Å². The van der Waals surface area contributed by atoms with E-state index in [0.717, 1.165) is 50.7 Å². The van der Waals surface area contributed by atoms with Crippen LogP contribution in [-0.2, 0) is 35.8 Å². The van der Waals surface area contributed by atoms with Crippen LogP contribution in [0.25, 0.3) is 20.7 Å². The van der Waals surface area contributed by atoms with Gasteiger partial charge in [0.25, 0.3) is 0 Å². The highest BCUT2D eigenvalue weighted by molar-refractivity contribution is 7.90. The van der Waals surface area contributed by atoms with Gasteiger partial charge in [-0.3, -0.25) is 9.67 Å². The number of nitrogens with one attached hydrogen (secondary N) is 2. The number of thiophene rings is 1. The molecule has 4 heterocycles. The molecule has 0 saturated carbocycles. The summed E-state index contributed by atoms with van der Waals surface area (Å²) in [4.78, 5) is 15.5. The average molecular weight is 610 g/mol. The van der Waals surface area contributed by atoms with Gasteiger partial charge < -0.3 is 15.4 Å². The van der Waals surface area contributed by atoms with E-state index in [-0.39, 0.29) is 5.75 Å². The summed E-state index contributed by atoms with van der Waals surface area (Å²) in [6.07, 6.45) is 8.17. The van der Waals surface area contributed by atoms with Crippen molar-refractivity contribution in [2.45, 2.75) is 26.0 Å². The monoisotopic (exact) mass is 609 g/mol. The van der Waals surface area contributed by atoms with Crippen molar-refractivity contribution in [1.29, 1.82) is 0 Å². The number of fused-ring (bicyclic) bond motifs is 5. The predicted octanol–water partition coefficient (Wildman–Crippen LogP) is 4.66. The quantitative estimate of drug-likeness (QED) is 0.206. The third-order valence-electron chi connectivity index (χ3n) is 6.84. The summed E-state index contributed by atoms with van der Waals surface area (Å²) in [5.74, 6) is 1.44. The zero-order valence-electron chi connectivity index (χ0n) is 22.3. The smallest absolute Gasteiger partial charge is 0.148 e. The van der Waals surface area contributed by atoms with Crippen LogP contribution in [0.2, 0.25) is 5.02 Å². The molecule has 1 aliphatic rings. The number of aromatic nitrogens is 5. The summed E-state index contributed by atoms with van der Waals surface area (Å²) in [5.41, 5.74) is 5.14. The molecule has 13 heteroatoms. The van der Waals surface area contributed by atoms with Crippen LogP contribution in [0.5, 0.6) is 5.75 Å². The minimum atomic E-state index is -2.97. The summed E-state index contributed by atoms with van der Waals surface area (Å²) in [5, 5.41) is 12.8. The van der Waals surface area contributed by atoms with Crippen LogP contribution >= 0.6 is 22.9 Å². The maximum absolute atomic E-state index is 11.3. The van der Waals surface area contributed by atoms with Gasteiger partial charge in [-0.25, -0.2) is 18.4 Å². The molecule has 0 amide bonds. The molecule has 4 aromatic heterocycles. The lowest BCUT2D eigenvalue weighted by Gasteiger charge is -2.16. The molecule has 6 rings (SSSR count). The van der Waals surface area contributed by atoms with Gasteiger partial charge in [-0.05, 0) is 48.7 Å². The maximum atomic E-state index is 11.3. The molecule has 5 aromatic rings. The van der Waals surface area contributed by atoms with Crippen LogP contribution in [0.4, 0.5) is 11.5 Å². The molecule has 0 aliphatic heterocycles. The van der Waals surface area contributed by atoms with E-state index in [9.17, 15) is 8.42 Å². The highest BCUT2D eigenvalue weighted by Crippen LogP contribution is 2.45. The Morgan fingerprint density at radius 1 is 1.12 bits per heavy atom. The van der Waals surface area contributed by atoms with Crippen molar-refractivity contribution in [3.8, 4) is 16.2 Å². The number of nitrogens with zero attached hydrogens (tertiary/aromatic N) is 5. The van der Waals surface area contributed by atoms with E-state index >= 15 is 0 Å². The lowest BCUT2D eigenvalue weighted by atomic mass is 9.95. The third kappa shape index (κ3) is 6.20. The molecule has 0 unspecified atom stereocenters. The number of pyridine rings is 1. The summed E-state index contributed by atoms with van der Waals surface area (Å²) in [6, 6.07) is 11.3. The number of hydrogen-bond donors (Lipinski definition) is 2. The normalized spacial score (nSPS) is 12.7. The largest absolute Gasteiger partial charge is 0.486 e. The van der Waals surface area contributed by atoms with Crippen molar-refractivity contribution in [2.75, 3.05) is 30.4 Å². The number of rotatable bonds is 11. The van der Waals surface area contributed by atoms with Crippen LogP contribution in [0.1, 0.15) is 17.0 Å². The van der Waals surface area contributed by atoms with E-state index in [0.29, 0.717) is 37.0 Å². The number of ether oxygens (including phenoxy) is 1. The first-order valence-corrected chi connectivity index (χ1v) is 16.4. The van der Waals surface area contributed by atoms with Crippen LogP contribution < -0.4 is 15.4 Å². The number of sulfone groups is 1. The first-order valence-electron chi connectivity index (χ1n) is 13.1. The van der Waals surface area contributed by atoms with Crippen molar-refractivity contribution in [2.24, 2.45) is 0 Å². The highest BCUT2D eigenvalue weighted by Gasteiger charge is 2.27. The van der Waals surface area contributed by atoms with Gasteiger partial charge in [0.1, 0.15) is 39.2 Å². The van der Waals surface area contributed by atoms with Crippen molar-refractivity contribution >= 4 is 54.5 Å². The van der Waals surface area contributed by atoms with Gasteiger partial charge in [0.15, 0.2) is 0 Å². The highest BCUT2D eigenvalue weighted by atomic mass is 35.5. The van der Waals surface area contributed by atoms with Gasteiger partial charge in [-0.15, -0.1) is 11.3 Å². The fourth-order valence-electron chi connectivity index (χ4n) is 4.88. The standard InChI is InChI=1S/C28H28ClN7O3S2/c1-41(37,38)13-11-30-10-12-36-23-7-6-20-25-27(32-17-33-28(25)40-26(20)21(23)15-34-36)35-18-5-8-24(22(29)14-18)39-16-19-4-2-3-9-31-19/h2-5,8-9,14-15,17,30H,6-7,10-13,16H2,1H3,(H,32,33,35). The second kappa shape index (κ2) is 11.7. The molecular formula is C28H28ClN7O3S2. The fourth-order valence-corrected chi connectivity index (χ4v) is 6.85. The lowest BCUT2D eigenvalue weighted by molar-refractivity contribution is 0.301. The van der Waals surface area contributed by atoms with Gasteiger partial charge in [-0.1, -0.05) is 17.7 Å². The first kappa shape index (κ1) is 27.6. The molecule has 0 bridgehead atoms. The van der Waals surface area contributed by atoms with Crippen LogP contribution in [0.3, 0.4) is 0 Å². The van der Waals surface area contributed by atoms with Crippen LogP contribution in [0.15, 0.2) is 55.1 Å². The van der Waals surface area contributed by atoms with E-state index in [4.69, 9.17) is 16.3 Å². The van der Waals surface area contributed by atoms with Crippen molar-refractivity contribution < 1.29 is 13.2 Å². The van der Waals surface area contributed by atoms with E-state index < -0.39 is 9.84 Å². The molecule has 0 saturated heterocycles. The number of hydrogen-bond acceptors (Lipinski definition) is 10. The Kier molecular flexibility index (Phi) is 7.89. The first-order chi connectivity index (χ1) is 19.9. The topological polar surface area (TPSA) is 124 Å². The molecule has 0 radical (unpaired) electrons.